The number of nitrogens with one attached hydrogen (secondary N) is 2. The van der Waals surface area contributed by atoms with Crippen molar-refractivity contribution in [2.24, 2.45) is 0 Å². The highest BCUT2D eigenvalue weighted by atomic mass is 16.1. The molecule has 1 amide bonds. The zero-order valence-corrected chi connectivity index (χ0v) is 15.9. The van der Waals surface area contributed by atoms with E-state index in [1.807, 2.05) is 87.4 Å². The van der Waals surface area contributed by atoms with Crippen molar-refractivity contribution in [3.05, 3.63) is 71.5 Å². The minimum atomic E-state index is -0.140. The van der Waals surface area contributed by atoms with Crippen molar-refractivity contribution < 1.29 is 4.79 Å². The Labute approximate surface area is 159 Å². The lowest BCUT2D eigenvalue weighted by Gasteiger charge is -2.13. The molecule has 6 nitrogen and oxygen atoms in total. The number of hydrogen-bond acceptors (Lipinski definition) is 5. The smallest absolute Gasteiger partial charge is 0.255 e. The molecular weight excluding hydrogens is 338 g/mol. The predicted octanol–water partition coefficient (Wildman–Crippen LogP) is 4.16. The second kappa shape index (κ2) is 7.86. The number of aryl methyl sites for hydroxylation is 2. The van der Waals surface area contributed by atoms with Crippen LogP contribution in [0, 0.1) is 13.8 Å². The maximum Gasteiger partial charge on any atom is 0.255 e. The van der Waals surface area contributed by atoms with Gasteiger partial charge in [0, 0.05) is 48.1 Å². The van der Waals surface area contributed by atoms with Crippen molar-refractivity contribution in [1.82, 2.24) is 9.97 Å². The highest BCUT2D eigenvalue weighted by Crippen LogP contribution is 2.18. The molecule has 0 radical (unpaired) electrons. The van der Waals surface area contributed by atoms with Gasteiger partial charge in [-0.25, -0.2) is 9.97 Å². The zero-order chi connectivity index (χ0) is 19.4. The van der Waals surface area contributed by atoms with Gasteiger partial charge >= 0.3 is 0 Å². The maximum absolute atomic E-state index is 12.4. The van der Waals surface area contributed by atoms with E-state index in [4.69, 9.17) is 0 Å². The molecule has 1 heterocycles. The van der Waals surface area contributed by atoms with E-state index in [1.54, 1.807) is 0 Å². The van der Waals surface area contributed by atoms with Gasteiger partial charge in [-0.2, -0.15) is 0 Å². The molecular formula is C21H23N5O. The summed E-state index contributed by atoms with van der Waals surface area (Å²) < 4.78 is 0. The number of carbonyl (C=O) groups is 1. The summed E-state index contributed by atoms with van der Waals surface area (Å²) in [7, 11) is 3.93. The van der Waals surface area contributed by atoms with Gasteiger partial charge < -0.3 is 15.5 Å². The van der Waals surface area contributed by atoms with E-state index in [0.717, 1.165) is 28.5 Å². The predicted molar refractivity (Wildman–Crippen MR) is 110 cm³/mol. The Balaban J connectivity index is 1.65. The molecule has 2 aromatic carbocycles. The molecule has 0 aliphatic heterocycles. The summed E-state index contributed by atoms with van der Waals surface area (Å²) >= 11 is 0. The van der Waals surface area contributed by atoms with Crippen molar-refractivity contribution in [2.75, 3.05) is 29.6 Å². The molecule has 0 fully saturated rings. The molecule has 2 N–H and O–H groups in total. The van der Waals surface area contributed by atoms with Crippen LogP contribution in [0.3, 0.4) is 0 Å². The zero-order valence-electron chi connectivity index (χ0n) is 15.9. The fourth-order valence-electron chi connectivity index (χ4n) is 2.66. The molecule has 6 heteroatoms. The topological polar surface area (TPSA) is 70.2 Å². The summed E-state index contributed by atoms with van der Waals surface area (Å²) in [5, 5.41) is 6.08. The summed E-state index contributed by atoms with van der Waals surface area (Å²) in [5.74, 6) is 0.420. The van der Waals surface area contributed by atoms with Gasteiger partial charge in [0.25, 0.3) is 5.91 Å². The Kier molecular flexibility index (Phi) is 5.35. The first-order valence-corrected chi connectivity index (χ1v) is 8.69. The average molecular weight is 361 g/mol. The Hall–Kier alpha value is -3.41. The van der Waals surface area contributed by atoms with E-state index in [0.29, 0.717) is 11.5 Å². The van der Waals surface area contributed by atoms with E-state index in [-0.39, 0.29) is 5.91 Å². The molecule has 0 atom stereocenters. The second-order valence-corrected chi connectivity index (χ2v) is 6.57. The quantitative estimate of drug-likeness (QED) is 0.714. The third kappa shape index (κ3) is 4.82. The molecule has 0 saturated heterocycles. The molecule has 27 heavy (non-hydrogen) atoms. The van der Waals surface area contributed by atoms with Crippen molar-refractivity contribution in [3.8, 4) is 0 Å². The summed E-state index contributed by atoms with van der Waals surface area (Å²) in [6.45, 7) is 3.87. The van der Waals surface area contributed by atoms with Gasteiger partial charge in [-0.1, -0.05) is 0 Å². The highest BCUT2D eigenvalue weighted by molar-refractivity contribution is 6.04. The number of rotatable bonds is 5. The first-order chi connectivity index (χ1) is 12.9. The second-order valence-electron chi connectivity index (χ2n) is 6.57. The van der Waals surface area contributed by atoms with Gasteiger partial charge in [0.05, 0.1) is 0 Å². The third-order valence-corrected chi connectivity index (χ3v) is 4.03. The van der Waals surface area contributed by atoms with Gasteiger partial charge in [-0.05, 0) is 68.4 Å². The molecule has 138 valence electrons. The molecule has 0 saturated carbocycles. The third-order valence-electron chi connectivity index (χ3n) is 4.03. The lowest BCUT2D eigenvalue weighted by atomic mass is 10.2. The summed E-state index contributed by atoms with van der Waals surface area (Å²) in [4.78, 5) is 23.1. The highest BCUT2D eigenvalue weighted by Gasteiger charge is 2.07. The summed E-state index contributed by atoms with van der Waals surface area (Å²) in [6, 6.07) is 16.9. The molecule has 3 rings (SSSR count). The number of benzene rings is 2. The van der Waals surface area contributed by atoms with Crippen LogP contribution in [0.5, 0.6) is 0 Å². The fraction of sp³-hybridized carbons (Fsp3) is 0.190. The van der Waals surface area contributed by atoms with Crippen molar-refractivity contribution >= 4 is 28.9 Å². The minimum absolute atomic E-state index is 0.140. The molecule has 0 aliphatic carbocycles. The number of carbonyl (C=O) groups excluding carboxylic acids is 1. The van der Waals surface area contributed by atoms with Crippen molar-refractivity contribution in [2.45, 2.75) is 13.8 Å². The van der Waals surface area contributed by atoms with Crippen LogP contribution in [0.4, 0.5) is 23.0 Å². The molecule has 3 aromatic rings. The number of amides is 1. The van der Waals surface area contributed by atoms with Crippen LogP contribution >= 0.6 is 0 Å². The molecule has 1 aromatic heterocycles. The lowest BCUT2D eigenvalue weighted by molar-refractivity contribution is 0.102. The summed E-state index contributed by atoms with van der Waals surface area (Å²) in [6.07, 6.45) is 0. The maximum atomic E-state index is 12.4. The van der Waals surface area contributed by atoms with Crippen molar-refractivity contribution in [3.63, 3.8) is 0 Å². The van der Waals surface area contributed by atoms with Crippen LogP contribution in [0.25, 0.3) is 0 Å². The first kappa shape index (κ1) is 18.4. The monoisotopic (exact) mass is 361 g/mol. The SMILES string of the molecule is Cc1cc(C)nc(Nc2ccc(NC(=O)c3ccc(N(C)C)cc3)cc2)n1. The average Bonchev–Trinajstić information content (AvgIpc) is 2.62. The molecule has 0 unspecified atom stereocenters. The minimum Gasteiger partial charge on any atom is -0.378 e. The van der Waals surface area contributed by atoms with E-state index < -0.39 is 0 Å². The van der Waals surface area contributed by atoms with Crippen LogP contribution in [-0.4, -0.2) is 30.0 Å². The van der Waals surface area contributed by atoms with Crippen LogP contribution in [-0.2, 0) is 0 Å². The van der Waals surface area contributed by atoms with E-state index in [9.17, 15) is 4.79 Å². The number of anilines is 4. The Bertz CT molecular complexity index is 914. The van der Waals surface area contributed by atoms with E-state index in [2.05, 4.69) is 20.6 Å². The number of hydrogen-bond donors (Lipinski definition) is 2. The fourth-order valence-corrected chi connectivity index (χ4v) is 2.66. The van der Waals surface area contributed by atoms with E-state index in [1.165, 1.54) is 0 Å². The number of nitrogens with zero attached hydrogens (tertiary/aromatic N) is 3. The van der Waals surface area contributed by atoms with Crippen LogP contribution in [0.2, 0.25) is 0 Å². The summed E-state index contributed by atoms with van der Waals surface area (Å²) in [5.41, 5.74) is 5.07. The van der Waals surface area contributed by atoms with Gasteiger partial charge in [0.2, 0.25) is 5.95 Å². The van der Waals surface area contributed by atoms with Gasteiger partial charge in [-0.3, -0.25) is 4.79 Å². The van der Waals surface area contributed by atoms with Crippen LogP contribution in [0.1, 0.15) is 21.7 Å². The van der Waals surface area contributed by atoms with Gasteiger partial charge in [-0.15, -0.1) is 0 Å². The van der Waals surface area contributed by atoms with Crippen molar-refractivity contribution in [1.29, 1.82) is 0 Å². The Morgan fingerprint density at radius 2 is 1.41 bits per heavy atom. The molecule has 0 aliphatic rings. The van der Waals surface area contributed by atoms with Crippen LogP contribution < -0.4 is 15.5 Å². The molecule has 0 bridgehead atoms. The first-order valence-electron chi connectivity index (χ1n) is 8.69. The molecule has 0 spiro atoms. The largest absolute Gasteiger partial charge is 0.378 e. The van der Waals surface area contributed by atoms with Crippen LogP contribution in [0.15, 0.2) is 54.6 Å². The van der Waals surface area contributed by atoms with Gasteiger partial charge in [0.1, 0.15) is 0 Å². The number of aromatic nitrogens is 2. The Morgan fingerprint density at radius 3 is 1.96 bits per heavy atom. The lowest BCUT2D eigenvalue weighted by Crippen LogP contribution is -2.13. The van der Waals surface area contributed by atoms with E-state index >= 15 is 0 Å². The van der Waals surface area contributed by atoms with Gasteiger partial charge in [0.15, 0.2) is 0 Å². The Morgan fingerprint density at radius 1 is 0.852 bits per heavy atom. The standard InChI is InChI=1S/C21H23N5O/c1-14-13-15(2)23-21(22-14)25-18-9-7-17(8-10-18)24-20(27)16-5-11-19(12-6-16)26(3)4/h5-13H,1-4H3,(H,24,27)(H,22,23,25). The normalized spacial score (nSPS) is 10.4.